The Morgan fingerprint density at radius 3 is 2.44 bits per heavy atom. The molecule has 2 unspecified atom stereocenters. The minimum absolute atomic E-state index is 0.0533. The highest BCUT2D eigenvalue weighted by Gasteiger charge is 2.21. The third-order valence-corrected chi connectivity index (χ3v) is 4.72. The van der Waals surface area contributed by atoms with Crippen molar-refractivity contribution in [1.29, 1.82) is 0 Å². The van der Waals surface area contributed by atoms with Crippen molar-refractivity contribution in [1.82, 2.24) is 5.32 Å². The van der Waals surface area contributed by atoms with E-state index in [9.17, 15) is 8.42 Å². The summed E-state index contributed by atoms with van der Waals surface area (Å²) in [5, 5.41) is 3.09. The summed E-state index contributed by atoms with van der Waals surface area (Å²) in [6, 6.07) is 0.0533. The lowest BCUT2D eigenvalue weighted by Crippen LogP contribution is -2.39. The molecule has 0 aromatic heterocycles. The summed E-state index contributed by atoms with van der Waals surface area (Å²) in [7, 11) is 0.444. The molecule has 0 aliphatic rings. The smallest absolute Gasteiger partial charge is 0.151 e. The van der Waals surface area contributed by atoms with E-state index in [0.29, 0.717) is 18.9 Å². The van der Waals surface area contributed by atoms with Crippen molar-refractivity contribution in [2.45, 2.75) is 32.7 Å². The number of sulfone groups is 1. The fraction of sp³-hybridized carbons (Fsp3) is 1.00. The van der Waals surface area contributed by atoms with Gasteiger partial charge in [0.25, 0.3) is 0 Å². The average Bonchev–Trinajstić information content (AvgIpc) is 2.25. The Hall–Kier alpha value is -0.130. The SMILES string of the molecule is CCC(C)C(CS(=O)(=O)CCCOC)NC. The Labute approximate surface area is 99.7 Å². The van der Waals surface area contributed by atoms with Gasteiger partial charge in [-0.1, -0.05) is 20.3 Å². The lowest BCUT2D eigenvalue weighted by molar-refractivity contribution is 0.199. The van der Waals surface area contributed by atoms with Crippen LogP contribution >= 0.6 is 0 Å². The molecule has 0 rings (SSSR count). The molecule has 0 saturated heterocycles. The second-order valence-corrected chi connectivity index (χ2v) is 6.47. The fourth-order valence-electron chi connectivity index (χ4n) is 1.60. The molecular formula is C11H25NO3S. The minimum atomic E-state index is -2.96. The van der Waals surface area contributed by atoms with Crippen LogP contribution < -0.4 is 5.32 Å². The van der Waals surface area contributed by atoms with E-state index in [1.807, 2.05) is 7.05 Å². The van der Waals surface area contributed by atoms with E-state index in [-0.39, 0.29) is 17.5 Å². The van der Waals surface area contributed by atoms with Gasteiger partial charge in [-0.05, 0) is 19.4 Å². The molecule has 0 spiro atoms. The normalized spacial score (nSPS) is 16.0. The van der Waals surface area contributed by atoms with E-state index in [4.69, 9.17) is 4.74 Å². The zero-order valence-electron chi connectivity index (χ0n) is 10.8. The standard InChI is InChI=1S/C11H25NO3S/c1-5-10(2)11(12-3)9-16(13,14)8-6-7-15-4/h10-12H,5-9H2,1-4H3. The van der Waals surface area contributed by atoms with Crippen LogP contribution in [0.2, 0.25) is 0 Å². The van der Waals surface area contributed by atoms with Gasteiger partial charge < -0.3 is 10.1 Å². The van der Waals surface area contributed by atoms with Crippen LogP contribution in [0.1, 0.15) is 26.7 Å². The van der Waals surface area contributed by atoms with Gasteiger partial charge >= 0.3 is 0 Å². The van der Waals surface area contributed by atoms with Crippen LogP contribution in [0.4, 0.5) is 0 Å². The average molecular weight is 251 g/mol. The van der Waals surface area contributed by atoms with E-state index in [2.05, 4.69) is 19.2 Å². The van der Waals surface area contributed by atoms with Crippen LogP contribution in [0.15, 0.2) is 0 Å². The number of nitrogens with one attached hydrogen (secondary N) is 1. The van der Waals surface area contributed by atoms with E-state index >= 15 is 0 Å². The second kappa shape index (κ2) is 8.03. The van der Waals surface area contributed by atoms with Crippen LogP contribution in [0.3, 0.4) is 0 Å². The number of ether oxygens (including phenoxy) is 1. The molecule has 1 N–H and O–H groups in total. The first-order valence-electron chi connectivity index (χ1n) is 5.83. The number of rotatable bonds is 9. The predicted molar refractivity (Wildman–Crippen MR) is 67.4 cm³/mol. The zero-order chi connectivity index (χ0) is 12.6. The minimum Gasteiger partial charge on any atom is -0.385 e. The molecular weight excluding hydrogens is 226 g/mol. The molecule has 0 aliphatic carbocycles. The summed E-state index contributed by atoms with van der Waals surface area (Å²) < 4.78 is 28.5. The lowest BCUT2D eigenvalue weighted by Gasteiger charge is -2.22. The fourth-order valence-corrected chi connectivity index (χ4v) is 3.36. The quantitative estimate of drug-likeness (QED) is 0.623. The van der Waals surface area contributed by atoms with E-state index in [0.717, 1.165) is 6.42 Å². The Balaban J connectivity index is 4.21. The van der Waals surface area contributed by atoms with Crippen LogP contribution in [-0.2, 0) is 14.6 Å². The van der Waals surface area contributed by atoms with E-state index in [1.54, 1.807) is 7.11 Å². The Morgan fingerprint density at radius 1 is 1.38 bits per heavy atom. The zero-order valence-corrected chi connectivity index (χ0v) is 11.6. The summed E-state index contributed by atoms with van der Waals surface area (Å²) in [4.78, 5) is 0. The summed E-state index contributed by atoms with van der Waals surface area (Å²) >= 11 is 0. The summed E-state index contributed by atoms with van der Waals surface area (Å²) in [5.41, 5.74) is 0. The molecule has 0 aromatic carbocycles. The van der Waals surface area contributed by atoms with Crippen LogP contribution in [-0.4, -0.2) is 46.7 Å². The summed E-state index contributed by atoms with van der Waals surface area (Å²) in [6.07, 6.45) is 1.56. The molecule has 0 heterocycles. The lowest BCUT2D eigenvalue weighted by atomic mass is 10.0. The van der Waals surface area contributed by atoms with Gasteiger partial charge in [-0.25, -0.2) is 8.42 Å². The van der Waals surface area contributed by atoms with Crippen LogP contribution in [0, 0.1) is 5.92 Å². The number of hydrogen-bond donors (Lipinski definition) is 1. The molecule has 0 amide bonds. The Kier molecular flexibility index (Phi) is 7.97. The third-order valence-electron chi connectivity index (χ3n) is 2.94. The summed E-state index contributed by atoms with van der Waals surface area (Å²) in [5.74, 6) is 0.819. The van der Waals surface area contributed by atoms with Crippen LogP contribution in [0.25, 0.3) is 0 Å². The van der Waals surface area contributed by atoms with Gasteiger partial charge in [0.2, 0.25) is 0 Å². The maximum Gasteiger partial charge on any atom is 0.151 e. The second-order valence-electron chi connectivity index (χ2n) is 4.24. The first-order valence-corrected chi connectivity index (χ1v) is 7.65. The van der Waals surface area contributed by atoms with Gasteiger partial charge in [0.1, 0.15) is 0 Å². The van der Waals surface area contributed by atoms with Crippen molar-refractivity contribution in [2.24, 2.45) is 5.92 Å². The Bertz CT molecular complexity index is 264. The first kappa shape index (κ1) is 15.9. The molecule has 0 fully saturated rings. The van der Waals surface area contributed by atoms with Crippen molar-refractivity contribution >= 4 is 9.84 Å². The van der Waals surface area contributed by atoms with Gasteiger partial charge in [-0.3, -0.25) is 0 Å². The molecule has 0 aromatic rings. The number of methoxy groups -OCH3 is 1. The van der Waals surface area contributed by atoms with Gasteiger partial charge in [-0.15, -0.1) is 0 Å². The van der Waals surface area contributed by atoms with Gasteiger partial charge in [0, 0.05) is 19.8 Å². The molecule has 4 nitrogen and oxygen atoms in total. The molecule has 0 bridgehead atoms. The van der Waals surface area contributed by atoms with Gasteiger partial charge in [0.05, 0.1) is 11.5 Å². The van der Waals surface area contributed by atoms with Crippen molar-refractivity contribution in [3.63, 3.8) is 0 Å². The van der Waals surface area contributed by atoms with Crippen molar-refractivity contribution in [2.75, 3.05) is 32.3 Å². The molecule has 0 radical (unpaired) electrons. The molecule has 0 saturated carbocycles. The monoisotopic (exact) mass is 251 g/mol. The largest absolute Gasteiger partial charge is 0.385 e. The maximum absolute atomic E-state index is 11.8. The molecule has 16 heavy (non-hydrogen) atoms. The third kappa shape index (κ3) is 6.45. The van der Waals surface area contributed by atoms with Crippen LogP contribution in [0.5, 0.6) is 0 Å². The highest BCUT2D eigenvalue weighted by molar-refractivity contribution is 7.91. The molecule has 98 valence electrons. The number of hydrogen-bond acceptors (Lipinski definition) is 4. The first-order chi connectivity index (χ1) is 7.46. The van der Waals surface area contributed by atoms with Gasteiger partial charge in [-0.2, -0.15) is 0 Å². The predicted octanol–water partition coefficient (Wildman–Crippen LogP) is 1.07. The highest BCUT2D eigenvalue weighted by atomic mass is 32.2. The summed E-state index contributed by atoms with van der Waals surface area (Å²) in [6.45, 7) is 4.66. The maximum atomic E-state index is 11.8. The molecule has 0 aliphatic heterocycles. The highest BCUT2D eigenvalue weighted by Crippen LogP contribution is 2.10. The Morgan fingerprint density at radius 2 is 2.00 bits per heavy atom. The molecule has 2 atom stereocenters. The van der Waals surface area contributed by atoms with E-state index < -0.39 is 9.84 Å². The van der Waals surface area contributed by atoms with E-state index in [1.165, 1.54) is 0 Å². The van der Waals surface area contributed by atoms with Crippen molar-refractivity contribution in [3.8, 4) is 0 Å². The molecule has 5 heteroatoms. The topological polar surface area (TPSA) is 55.4 Å². The van der Waals surface area contributed by atoms with Gasteiger partial charge in [0.15, 0.2) is 9.84 Å². The van der Waals surface area contributed by atoms with Crippen molar-refractivity contribution < 1.29 is 13.2 Å². The van der Waals surface area contributed by atoms with Crippen molar-refractivity contribution in [3.05, 3.63) is 0 Å².